The molecule has 0 aromatic heterocycles. The van der Waals surface area contributed by atoms with Gasteiger partial charge in [0.05, 0.1) is 0 Å². The third kappa shape index (κ3) is 1.21. The highest BCUT2D eigenvalue weighted by Gasteiger charge is 2.46. The highest BCUT2D eigenvalue weighted by molar-refractivity contribution is 5.86. The molecule has 0 saturated heterocycles. The second-order valence-electron chi connectivity index (χ2n) is 4.48. The van der Waals surface area contributed by atoms with Gasteiger partial charge >= 0.3 is 0 Å². The fourth-order valence-electron chi connectivity index (χ4n) is 2.55. The number of fused-ring (bicyclic) bond motifs is 1. The molecule has 0 aromatic carbocycles. The lowest BCUT2D eigenvalue weighted by Crippen LogP contribution is -2.13. The van der Waals surface area contributed by atoms with E-state index in [-0.39, 0.29) is 0 Å². The van der Waals surface area contributed by atoms with Crippen LogP contribution >= 0.6 is 0 Å². The molecule has 0 aromatic rings. The minimum Gasteiger partial charge on any atom is -0.299 e. The van der Waals surface area contributed by atoms with E-state index in [0.29, 0.717) is 17.6 Å². The zero-order valence-corrected chi connectivity index (χ0v) is 7.34. The van der Waals surface area contributed by atoms with Crippen LogP contribution in [0.5, 0.6) is 0 Å². The number of hydrogen-bond donors (Lipinski definition) is 0. The number of Topliss-reactive ketones (excluding diaryl/α,β-unsaturated/α-hetero) is 1. The smallest absolute Gasteiger partial charge is 0.139 e. The van der Waals surface area contributed by atoms with Crippen molar-refractivity contribution >= 4 is 5.78 Å². The third-order valence-corrected chi connectivity index (χ3v) is 3.23. The van der Waals surface area contributed by atoms with Crippen molar-refractivity contribution in [3.05, 3.63) is 0 Å². The van der Waals surface area contributed by atoms with Crippen molar-refractivity contribution in [3.8, 4) is 0 Å². The molecule has 0 bridgehead atoms. The van der Waals surface area contributed by atoms with Gasteiger partial charge in [-0.2, -0.15) is 0 Å². The largest absolute Gasteiger partial charge is 0.299 e. The summed E-state index contributed by atoms with van der Waals surface area (Å²) in [7, 11) is 0. The third-order valence-electron chi connectivity index (χ3n) is 3.23. The SMILES string of the molecule is CC1CC(C)C(=O)C2CC2C1. The summed E-state index contributed by atoms with van der Waals surface area (Å²) in [6, 6.07) is 0. The Morgan fingerprint density at radius 1 is 1.18 bits per heavy atom. The first-order valence-electron chi connectivity index (χ1n) is 4.72. The fraction of sp³-hybridized carbons (Fsp3) is 0.900. The molecule has 11 heavy (non-hydrogen) atoms. The number of rotatable bonds is 0. The molecule has 0 amide bonds. The Hall–Kier alpha value is -0.330. The van der Waals surface area contributed by atoms with Crippen LogP contribution in [0.3, 0.4) is 0 Å². The summed E-state index contributed by atoms with van der Waals surface area (Å²) in [6.07, 6.45) is 3.64. The predicted molar refractivity (Wildman–Crippen MR) is 44.2 cm³/mol. The lowest BCUT2D eigenvalue weighted by Gasteiger charge is -2.11. The van der Waals surface area contributed by atoms with Gasteiger partial charge in [0.1, 0.15) is 5.78 Å². The van der Waals surface area contributed by atoms with Crippen LogP contribution in [0.2, 0.25) is 0 Å². The van der Waals surface area contributed by atoms with Crippen LogP contribution in [-0.2, 0) is 4.79 Å². The zero-order valence-electron chi connectivity index (χ0n) is 7.34. The van der Waals surface area contributed by atoms with Crippen molar-refractivity contribution in [1.29, 1.82) is 0 Å². The van der Waals surface area contributed by atoms with E-state index in [4.69, 9.17) is 0 Å². The molecule has 4 unspecified atom stereocenters. The van der Waals surface area contributed by atoms with Crippen molar-refractivity contribution in [3.63, 3.8) is 0 Å². The maximum atomic E-state index is 11.5. The quantitative estimate of drug-likeness (QED) is 0.520. The summed E-state index contributed by atoms with van der Waals surface area (Å²) in [5.74, 6) is 2.95. The van der Waals surface area contributed by atoms with Gasteiger partial charge < -0.3 is 0 Å². The van der Waals surface area contributed by atoms with Gasteiger partial charge in [-0.15, -0.1) is 0 Å². The predicted octanol–water partition coefficient (Wildman–Crippen LogP) is 2.26. The second-order valence-corrected chi connectivity index (χ2v) is 4.48. The van der Waals surface area contributed by atoms with Crippen LogP contribution in [-0.4, -0.2) is 5.78 Å². The van der Waals surface area contributed by atoms with Crippen LogP contribution in [0, 0.1) is 23.7 Å². The molecule has 62 valence electrons. The lowest BCUT2D eigenvalue weighted by molar-refractivity contribution is -0.123. The standard InChI is InChI=1S/C10H16O/c1-6-3-7(2)10(11)9-5-8(9)4-6/h6-9H,3-5H2,1-2H3. The molecule has 4 atom stereocenters. The summed E-state index contributed by atoms with van der Waals surface area (Å²) in [5, 5.41) is 0. The van der Waals surface area contributed by atoms with Gasteiger partial charge in [-0.3, -0.25) is 4.79 Å². The normalized spacial score (nSPS) is 49.8. The second kappa shape index (κ2) is 2.33. The van der Waals surface area contributed by atoms with E-state index in [9.17, 15) is 4.79 Å². The van der Waals surface area contributed by atoms with Gasteiger partial charge in [0.2, 0.25) is 0 Å². The fourth-order valence-corrected chi connectivity index (χ4v) is 2.55. The molecule has 0 N–H and O–H groups in total. The molecule has 0 aliphatic heterocycles. The van der Waals surface area contributed by atoms with E-state index in [1.165, 1.54) is 12.8 Å². The Balaban J connectivity index is 2.10. The van der Waals surface area contributed by atoms with Crippen LogP contribution in [0.4, 0.5) is 0 Å². The number of carbonyl (C=O) groups is 1. The Bertz CT molecular complexity index is 185. The van der Waals surface area contributed by atoms with Gasteiger partial charge in [-0.25, -0.2) is 0 Å². The van der Waals surface area contributed by atoms with Gasteiger partial charge in [-0.05, 0) is 31.1 Å². The van der Waals surface area contributed by atoms with Crippen molar-refractivity contribution in [2.45, 2.75) is 33.1 Å². The summed E-state index contributed by atoms with van der Waals surface area (Å²) in [5.41, 5.74) is 0. The monoisotopic (exact) mass is 152 g/mol. The first kappa shape index (κ1) is 7.33. The van der Waals surface area contributed by atoms with E-state index < -0.39 is 0 Å². The van der Waals surface area contributed by atoms with Gasteiger partial charge in [-0.1, -0.05) is 13.8 Å². The Morgan fingerprint density at radius 2 is 1.91 bits per heavy atom. The average molecular weight is 152 g/mol. The van der Waals surface area contributed by atoms with Gasteiger partial charge in [0, 0.05) is 11.8 Å². The molecule has 2 fully saturated rings. The summed E-state index contributed by atoms with van der Waals surface area (Å²) >= 11 is 0. The molecule has 1 nitrogen and oxygen atoms in total. The Labute approximate surface area is 68.2 Å². The van der Waals surface area contributed by atoms with E-state index in [2.05, 4.69) is 13.8 Å². The number of carbonyl (C=O) groups excluding carboxylic acids is 1. The first-order chi connectivity index (χ1) is 5.18. The molecule has 0 spiro atoms. The first-order valence-corrected chi connectivity index (χ1v) is 4.72. The van der Waals surface area contributed by atoms with E-state index in [1.807, 2.05) is 0 Å². The van der Waals surface area contributed by atoms with Crippen LogP contribution in [0.1, 0.15) is 33.1 Å². The average Bonchev–Trinajstić information content (AvgIpc) is 2.64. The molecule has 1 heteroatoms. The molecular weight excluding hydrogens is 136 g/mol. The summed E-state index contributed by atoms with van der Waals surface area (Å²) in [6.45, 7) is 4.38. The van der Waals surface area contributed by atoms with Gasteiger partial charge in [0.15, 0.2) is 0 Å². The minimum absolute atomic E-state index is 0.350. The van der Waals surface area contributed by atoms with Crippen LogP contribution in [0.15, 0.2) is 0 Å². The molecule has 2 aliphatic carbocycles. The summed E-state index contributed by atoms with van der Waals surface area (Å²) in [4.78, 5) is 11.5. The minimum atomic E-state index is 0.350. The van der Waals surface area contributed by atoms with E-state index in [0.717, 1.165) is 18.3 Å². The lowest BCUT2D eigenvalue weighted by atomic mass is 9.93. The molecule has 2 saturated carbocycles. The number of hydrogen-bond acceptors (Lipinski definition) is 1. The maximum absolute atomic E-state index is 11.5. The maximum Gasteiger partial charge on any atom is 0.139 e. The highest BCUT2D eigenvalue weighted by atomic mass is 16.1. The van der Waals surface area contributed by atoms with Crippen LogP contribution in [0.25, 0.3) is 0 Å². The molecule has 0 heterocycles. The summed E-state index contributed by atoms with van der Waals surface area (Å²) < 4.78 is 0. The van der Waals surface area contributed by atoms with Gasteiger partial charge in [0.25, 0.3) is 0 Å². The molecular formula is C10H16O. The molecule has 2 aliphatic rings. The van der Waals surface area contributed by atoms with E-state index >= 15 is 0 Å². The van der Waals surface area contributed by atoms with Crippen molar-refractivity contribution < 1.29 is 4.79 Å². The Morgan fingerprint density at radius 3 is 2.64 bits per heavy atom. The zero-order chi connectivity index (χ0) is 8.01. The Kier molecular flexibility index (Phi) is 1.55. The molecule has 2 rings (SSSR count). The van der Waals surface area contributed by atoms with Crippen molar-refractivity contribution in [2.24, 2.45) is 23.7 Å². The number of ketones is 1. The van der Waals surface area contributed by atoms with Crippen molar-refractivity contribution in [1.82, 2.24) is 0 Å². The molecule has 0 radical (unpaired) electrons. The van der Waals surface area contributed by atoms with Crippen molar-refractivity contribution in [2.75, 3.05) is 0 Å². The van der Waals surface area contributed by atoms with E-state index in [1.54, 1.807) is 0 Å². The van der Waals surface area contributed by atoms with Crippen LogP contribution < -0.4 is 0 Å². The highest BCUT2D eigenvalue weighted by Crippen LogP contribution is 2.48. The topological polar surface area (TPSA) is 17.1 Å².